The average Bonchev–Trinajstić information content (AvgIpc) is 2.86. The maximum Gasteiger partial charge on any atom is 0.264 e. The third kappa shape index (κ3) is 5.08. The van der Waals surface area contributed by atoms with Gasteiger partial charge in [0.1, 0.15) is 0 Å². The Bertz CT molecular complexity index is 1240. The normalized spacial score (nSPS) is 14.0. The molecule has 1 heterocycles. The molecule has 0 spiro atoms. The van der Waals surface area contributed by atoms with Crippen LogP contribution in [0.5, 0.6) is 0 Å². The fourth-order valence-electron chi connectivity index (χ4n) is 4.00. The SMILES string of the molecule is CCN(c1ccccc1)S(=O)(=O)c1cc(C(=O)Nc2ccc(N3CCOCC3)cc2)ccc1C. The number of carbonyl (C=O) groups is 1. The Morgan fingerprint density at radius 1 is 1.00 bits per heavy atom. The van der Waals surface area contributed by atoms with Crippen molar-refractivity contribution in [2.45, 2.75) is 18.7 Å². The van der Waals surface area contributed by atoms with E-state index in [-0.39, 0.29) is 22.9 Å². The van der Waals surface area contributed by atoms with Crippen LogP contribution in [-0.4, -0.2) is 47.2 Å². The predicted octanol–water partition coefficient (Wildman–Crippen LogP) is 4.30. The van der Waals surface area contributed by atoms with Crippen LogP contribution in [0.15, 0.2) is 77.7 Å². The van der Waals surface area contributed by atoms with E-state index in [4.69, 9.17) is 4.74 Å². The highest BCUT2D eigenvalue weighted by Gasteiger charge is 2.26. The molecular weight excluding hydrogens is 450 g/mol. The van der Waals surface area contributed by atoms with Crippen molar-refractivity contribution in [3.8, 4) is 0 Å². The topological polar surface area (TPSA) is 79.0 Å². The van der Waals surface area contributed by atoms with Crippen LogP contribution >= 0.6 is 0 Å². The van der Waals surface area contributed by atoms with Gasteiger partial charge in [-0.2, -0.15) is 0 Å². The molecule has 0 aliphatic carbocycles. The van der Waals surface area contributed by atoms with Crippen LogP contribution in [-0.2, 0) is 14.8 Å². The number of rotatable bonds is 7. The Morgan fingerprint density at radius 3 is 2.32 bits per heavy atom. The third-order valence-electron chi connectivity index (χ3n) is 5.85. The van der Waals surface area contributed by atoms with Crippen LogP contribution in [0.4, 0.5) is 17.1 Å². The van der Waals surface area contributed by atoms with E-state index in [2.05, 4.69) is 10.2 Å². The molecule has 0 radical (unpaired) electrons. The van der Waals surface area contributed by atoms with Gasteiger partial charge < -0.3 is 15.0 Å². The van der Waals surface area contributed by atoms with Gasteiger partial charge >= 0.3 is 0 Å². The smallest absolute Gasteiger partial charge is 0.264 e. The summed E-state index contributed by atoms with van der Waals surface area (Å²) in [6.45, 7) is 6.88. The number of ether oxygens (including phenoxy) is 1. The zero-order chi connectivity index (χ0) is 24.1. The second-order valence-electron chi connectivity index (χ2n) is 8.09. The summed E-state index contributed by atoms with van der Waals surface area (Å²) in [5.41, 5.74) is 3.17. The molecule has 0 atom stereocenters. The maximum absolute atomic E-state index is 13.5. The third-order valence-corrected chi connectivity index (χ3v) is 7.90. The number of aryl methyl sites for hydroxylation is 1. The van der Waals surface area contributed by atoms with Crippen LogP contribution in [0, 0.1) is 6.92 Å². The number of nitrogens with zero attached hydrogens (tertiary/aromatic N) is 2. The molecule has 4 rings (SSSR count). The molecule has 3 aromatic rings. The highest BCUT2D eigenvalue weighted by Crippen LogP contribution is 2.27. The molecule has 1 N–H and O–H groups in total. The molecule has 178 valence electrons. The molecule has 7 nitrogen and oxygen atoms in total. The van der Waals surface area contributed by atoms with Gasteiger partial charge in [-0.15, -0.1) is 0 Å². The van der Waals surface area contributed by atoms with Gasteiger partial charge in [0.25, 0.3) is 15.9 Å². The van der Waals surface area contributed by atoms with Crippen molar-refractivity contribution in [1.82, 2.24) is 0 Å². The molecule has 1 fully saturated rings. The van der Waals surface area contributed by atoms with E-state index >= 15 is 0 Å². The van der Waals surface area contributed by atoms with Crippen molar-refractivity contribution < 1.29 is 17.9 Å². The minimum absolute atomic E-state index is 0.119. The number of hydrogen-bond donors (Lipinski definition) is 1. The summed E-state index contributed by atoms with van der Waals surface area (Å²) in [6, 6.07) is 21.3. The van der Waals surface area contributed by atoms with Crippen LogP contribution in [0.3, 0.4) is 0 Å². The number of benzene rings is 3. The van der Waals surface area contributed by atoms with E-state index in [1.165, 1.54) is 10.4 Å². The predicted molar refractivity (Wildman–Crippen MR) is 135 cm³/mol. The minimum atomic E-state index is -3.84. The van der Waals surface area contributed by atoms with Crippen molar-refractivity contribution >= 4 is 33.0 Å². The van der Waals surface area contributed by atoms with E-state index in [9.17, 15) is 13.2 Å². The number of sulfonamides is 1. The molecule has 1 saturated heterocycles. The second kappa shape index (κ2) is 10.3. The number of para-hydroxylation sites is 1. The van der Waals surface area contributed by atoms with Gasteiger partial charge in [-0.3, -0.25) is 9.10 Å². The number of hydrogen-bond acceptors (Lipinski definition) is 5. The van der Waals surface area contributed by atoms with Crippen LogP contribution < -0.4 is 14.5 Å². The van der Waals surface area contributed by atoms with Crippen LogP contribution in [0.25, 0.3) is 0 Å². The molecule has 0 bridgehead atoms. The molecule has 0 unspecified atom stereocenters. The van der Waals surface area contributed by atoms with Gasteiger partial charge in [-0.05, 0) is 67.9 Å². The molecular formula is C26H29N3O4S. The Kier molecular flexibility index (Phi) is 7.19. The zero-order valence-electron chi connectivity index (χ0n) is 19.4. The molecule has 3 aromatic carbocycles. The minimum Gasteiger partial charge on any atom is -0.378 e. The van der Waals surface area contributed by atoms with Gasteiger partial charge in [0.15, 0.2) is 0 Å². The number of carbonyl (C=O) groups excluding carboxylic acids is 1. The lowest BCUT2D eigenvalue weighted by atomic mass is 10.1. The number of amides is 1. The molecule has 8 heteroatoms. The molecule has 34 heavy (non-hydrogen) atoms. The van der Waals surface area contributed by atoms with Gasteiger partial charge in [-0.1, -0.05) is 24.3 Å². The first-order valence-electron chi connectivity index (χ1n) is 11.3. The lowest BCUT2D eigenvalue weighted by Crippen LogP contribution is -2.36. The molecule has 0 saturated carbocycles. The summed E-state index contributed by atoms with van der Waals surface area (Å²) >= 11 is 0. The fraction of sp³-hybridized carbons (Fsp3) is 0.269. The van der Waals surface area contributed by atoms with Gasteiger partial charge in [-0.25, -0.2) is 8.42 Å². The van der Waals surface area contributed by atoms with Gasteiger partial charge in [0, 0.05) is 36.6 Å². The highest BCUT2D eigenvalue weighted by molar-refractivity contribution is 7.92. The summed E-state index contributed by atoms with van der Waals surface area (Å²) < 4.78 is 33.7. The van der Waals surface area contributed by atoms with Crippen LogP contribution in [0.1, 0.15) is 22.8 Å². The molecule has 1 aliphatic rings. The zero-order valence-corrected chi connectivity index (χ0v) is 20.2. The highest BCUT2D eigenvalue weighted by atomic mass is 32.2. The lowest BCUT2D eigenvalue weighted by molar-refractivity contribution is 0.102. The first-order valence-corrected chi connectivity index (χ1v) is 12.8. The van der Waals surface area contributed by atoms with Crippen molar-refractivity contribution in [3.63, 3.8) is 0 Å². The monoisotopic (exact) mass is 479 g/mol. The van der Waals surface area contributed by atoms with E-state index in [0.29, 0.717) is 30.2 Å². The van der Waals surface area contributed by atoms with E-state index in [0.717, 1.165) is 18.8 Å². The van der Waals surface area contributed by atoms with E-state index < -0.39 is 10.0 Å². The summed E-state index contributed by atoms with van der Waals surface area (Å²) in [4.78, 5) is 15.3. The van der Waals surface area contributed by atoms with E-state index in [1.54, 1.807) is 50.2 Å². The summed E-state index contributed by atoms with van der Waals surface area (Å²) in [6.07, 6.45) is 0. The second-order valence-corrected chi connectivity index (χ2v) is 9.92. The largest absolute Gasteiger partial charge is 0.378 e. The standard InChI is InChI=1S/C26H29N3O4S/c1-3-29(24-7-5-4-6-8-24)34(31,32)25-19-21(10-9-20(25)2)26(30)27-22-11-13-23(14-12-22)28-15-17-33-18-16-28/h4-14,19H,3,15-18H2,1-2H3,(H,27,30). The summed E-state index contributed by atoms with van der Waals surface area (Å²) in [5.74, 6) is -0.363. The first-order chi connectivity index (χ1) is 16.4. The van der Waals surface area contributed by atoms with Gasteiger partial charge in [0.05, 0.1) is 23.8 Å². The number of anilines is 3. The lowest BCUT2D eigenvalue weighted by Gasteiger charge is -2.28. The van der Waals surface area contributed by atoms with E-state index in [1.807, 2.05) is 30.3 Å². The molecule has 1 aliphatic heterocycles. The van der Waals surface area contributed by atoms with Crippen molar-refractivity contribution in [3.05, 3.63) is 83.9 Å². The van der Waals surface area contributed by atoms with Crippen molar-refractivity contribution in [2.24, 2.45) is 0 Å². The van der Waals surface area contributed by atoms with Crippen molar-refractivity contribution in [1.29, 1.82) is 0 Å². The maximum atomic E-state index is 13.5. The molecule has 1 amide bonds. The fourth-order valence-corrected chi connectivity index (χ4v) is 5.73. The average molecular weight is 480 g/mol. The Labute approximate surface area is 201 Å². The van der Waals surface area contributed by atoms with Gasteiger partial charge in [0.2, 0.25) is 0 Å². The Balaban J connectivity index is 1.55. The number of morpholine rings is 1. The summed E-state index contributed by atoms with van der Waals surface area (Å²) in [5, 5.41) is 2.87. The molecule has 0 aromatic heterocycles. The number of nitrogens with one attached hydrogen (secondary N) is 1. The first kappa shape index (κ1) is 23.8. The van der Waals surface area contributed by atoms with Crippen LogP contribution in [0.2, 0.25) is 0 Å². The summed E-state index contributed by atoms with van der Waals surface area (Å²) in [7, 11) is -3.84. The Hall–Kier alpha value is -3.36. The van der Waals surface area contributed by atoms with Crippen molar-refractivity contribution in [2.75, 3.05) is 47.4 Å². The quantitative estimate of drug-likeness (QED) is 0.547. The Morgan fingerprint density at radius 2 is 1.68 bits per heavy atom.